The Kier molecular flexibility index (Phi) is 4.30. The molecule has 0 spiro atoms. The summed E-state index contributed by atoms with van der Waals surface area (Å²) < 4.78 is 0. The second-order valence-corrected chi connectivity index (χ2v) is 4.80. The minimum Gasteiger partial charge on any atom is -0.481 e. The molecule has 1 atom stereocenters. The van der Waals surface area contributed by atoms with Crippen molar-refractivity contribution in [3.63, 3.8) is 0 Å². The molecule has 98 valence electrons. The molecule has 1 aromatic heterocycles. The normalized spacial score (nSPS) is 11.8. The third-order valence-corrected chi connectivity index (χ3v) is 3.43. The van der Waals surface area contributed by atoms with Gasteiger partial charge in [0, 0.05) is 17.5 Å². The van der Waals surface area contributed by atoms with Crippen molar-refractivity contribution in [2.24, 2.45) is 0 Å². The highest BCUT2D eigenvalue weighted by atomic mass is 32.1. The lowest BCUT2D eigenvalue weighted by atomic mass is 9.99. The van der Waals surface area contributed by atoms with Crippen LogP contribution in [-0.2, 0) is 4.79 Å². The monoisotopic (exact) mass is 275 g/mol. The fourth-order valence-corrected chi connectivity index (χ4v) is 2.36. The Bertz CT molecular complexity index is 551. The third kappa shape index (κ3) is 3.42. The van der Waals surface area contributed by atoms with Crippen LogP contribution in [0.1, 0.15) is 21.8 Å². The van der Waals surface area contributed by atoms with Crippen LogP contribution in [0.25, 0.3) is 0 Å². The van der Waals surface area contributed by atoms with Crippen molar-refractivity contribution in [3.8, 4) is 0 Å². The van der Waals surface area contributed by atoms with E-state index in [2.05, 4.69) is 5.32 Å². The van der Waals surface area contributed by atoms with Gasteiger partial charge >= 0.3 is 5.97 Å². The van der Waals surface area contributed by atoms with Gasteiger partial charge in [0.1, 0.15) is 0 Å². The number of hydrogen-bond donors (Lipinski definition) is 2. The zero-order valence-corrected chi connectivity index (χ0v) is 10.9. The number of nitrogens with one attached hydrogen (secondary N) is 1. The average molecular weight is 275 g/mol. The lowest BCUT2D eigenvalue weighted by Gasteiger charge is -2.13. The maximum Gasteiger partial charge on any atom is 0.312 e. The van der Waals surface area contributed by atoms with E-state index in [1.54, 1.807) is 41.1 Å². The van der Waals surface area contributed by atoms with Gasteiger partial charge in [-0.3, -0.25) is 9.59 Å². The Morgan fingerprint density at radius 2 is 1.95 bits per heavy atom. The number of aliphatic carboxylic acids is 1. The van der Waals surface area contributed by atoms with Crippen molar-refractivity contribution in [2.45, 2.75) is 5.92 Å². The van der Waals surface area contributed by atoms with Crippen LogP contribution in [0.4, 0.5) is 0 Å². The smallest absolute Gasteiger partial charge is 0.312 e. The Morgan fingerprint density at radius 3 is 2.53 bits per heavy atom. The molecule has 1 heterocycles. The van der Waals surface area contributed by atoms with Crippen molar-refractivity contribution >= 4 is 23.2 Å². The van der Waals surface area contributed by atoms with Crippen LogP contribution in [0.5, 0.6) is 0 Å². The number of carbonyl (C=O) groups is 2. The van der Waals surface area contributed by atoms with E-state index < -0.39 is 11.9 Å². The number of rotatable bonds is 5. The summed E-state index contributed by atoms with van der Waals surface area (Å²) in [6.07, 6.45) is 0. The molecule has 5 heteroatoms. The first kappa shape index (κ1) is 13.3. The summed E-state index contributed by atoms with van der Waals surface area (Å²) in [4.78, 5) is 23.0. The number of hydrogen-bond acceptors (Lipinski definition) is 3. The predicted molar refractivity (Wildman–Crippen MR) is 73.5 cm³/mol. The molecule has 1 amide bonds. The number of carboxylic acids is 1. The van der Waals surface area contributed by atoms with Gasteiger partial charge in [0.05, 0.1) is 5.92 Å². The highest BCUT2D eigenvalue weighted by Crippen LogP contribution is 2.15. The number of thiophene rings is 1. The Labute approximate surface area is 114 Å². The molecule has 0 aliphatic heterocycles. The second kappa shape index (κ2) is 6.15. The lowest BCUT2D eigenvalue weighted by Crippen LogP contribution is -2.31. The van der Waals surface area contributed by atoms with Gasteiger partial charge in [-0.15, -0.1) is 0 Å². The van der Waals surface area contributed by atoms with Crippen molar-refractivity contribution in [3.05, 3.63) is 58.3 Å². The van der Waals surface area contributed by atoms with E-state index in [0.717, 1.165) is 0 Å². The van der Waals surface area contributed by atoms with Crippen molar-refractivity contribution < 1.29 is 14.7 Å². The van der Waals surface area contributed by atoms with Crippen LogP contribution < -0.4 is 5.32 Å². The van der Waals surface area contributed by atoms with Crippen LogP contribution in [0.15, 0.2) is 47.2 Å². The molecule has 4 nitrogen and oxygen atoms in total. The van der Waals surface area contributed by atoms with E-state index >= 15 is 0 Å². The number of benzene rings is 1. The molecule has 19 heavy (non-hydrogen) atoms. The first-order valence-corrected chi connectivity index (χ1v) is 6.71. The lowest BCUT2D eigenvalue weighted by molar-refractivity contribution is -0.138. The first-order chi connectivity index (χ1) is 9.18. The summed E-state index contributed by atoms with van der Waals surface area (Å²) >= 11 is 1.43. The van der Waals surface area contributed by atoms with Crippen molar-refractivity contribution in [2.75, 3.05) is 6.54 Å². The summed E-state index contributed by atoms with van der Waals surface area (Å²) in [6.45, 7) is 0.0774. The van der Waals surface area contributed by atoms with Gasteiger partial charge in [0.25, 0.3) is 5.91 Å². The quantitative estimate of drug-likeness (QED) is 0.880. The third-order valence-electron chi connectivity index (χ3n) is 2.75. The van der Waals surface area contributed by atoms with E-state index in [0.29, 0.717) is 11.1 Å². The first-order valence-electron chi connectivity index (χ1n) is 5.76. The predicted octanol–water partition coefficient (Wildman–Crippen LogP) is 2.35. The van der Waals surface area contributed by atoms with Crippen LogP contribution in [0.3, 0.4) is 0 Å². The van der Waals surface area contributed by atoms with Crippen LogP contribution in [-0.4, -0.2) is 23.5 Å². The number of carboxylic acid groups (broad SMARTS) is 1. The Balaban J connectivity index is 2.03. The van der Waals surface area contributed by atoms with E-state index in [-0.39, 0.29) is 12.5 Å². The molecule has 2 aromatic rings. The highest BCUT2D eigenvalue weighted by Gasteiger charge is 2.20. The van der Waals surface area contributed by atoms with Gasteiger partial charge in [-0.2, -0.15) is 11.3 Å². The minimum atomic E-state index is -0.947. The Hall–Kier alpha value is -2.14. The van der Waals surface area contributed by atoms with Gasteiger partial charge in [-0.1, -0.05) is 30.3 Å². The van der Waals surface area contributed by atoms with E-state index in [9.17, 15) is 14.7 Å². The van der Waals surface area contributed by atoms with E-state index in [4.69, 9.17) is 0 Å². The molecule has 2 N–H and O–H groups in total. The van der Waals surface area contributed by atoms with Crippen molar-refractivity contribution in [1.82, 2.24) is 5.32 Å². The fraction of sp³-hybridized carbons (Fsp3) is 0.143. The molecule has 1 aromatic carbocycles. The van der Waals surface area contributed by atoms with Gasteiger partial charge in [-0.25, -0.2) is 0 Å². The molecule has 0 fully saturated rings. The largest absolute Gasteiger partial charge is 0.481 e. The van der Waals surface area contributed by atoms with Crippen molar-refractivity contribution in [1.29, 1.82) is 0 Å². The zero-order valence-electron chi connectivity index (χ0n) is 10.1. The van der Waals surface area contributed by atoms with E-state index in [1.807, 2.05) is 6.07 Å². The molecule has 0 saturated heterocycles. The van der Waals surface area contributed by atoms with Gasteiger partial charge in [0.15, 0.2) is 0 Å². The minimum absolute atomic E-state index is 0.0774. The molecule has 0 radical (unpaired) electrons. The maximum absolute atomic E-state index is 11.8. The fourth-order valence-electron chi connectivity index (χ4n) is 1.72. The molecule has 1 unspecified atom stereocenters. The Morgan fingerprint density at radius 1 is 1.21 bits per heavy atom. The second-order valence-electron chi connectivity index (χ2n) is 4.02. The molecular weight excluding hydrogens is 262 g/mol. The molecule has 0 aliphatic rings. The van der Waals surface area contributed by atoms with E-state index in [1.165, 1.54) is 11.3 Å². The average Bonchev–Trinajstić information content (AvgIpc) is 2.93. The summed E-state index contributed by atoms with van der Waals surface area (Å²) in [6, 6.07) is 10.6. The highest BCUT2D eigenvalue weighted by molar-refractivity contribution is 7.08. The molecule has 0 aliphatic carbocycles. The maximum atomic E-state index is 11.8. The van der Waals surface area contributed by atoms with Crippen LogP contribution >= 0.6 is 11.3 Å². The molecule has 2 rings (SSSR count). The zero-order chi connectivity index (χ0) is 13.7. The summed E-state index contributed by atoms with van der Waals surface area (Å²) in [5.41, 5.74) is 1.24. The topological polar surface area (TPSA) is 66.4 Å². The summed E-state index contributed by atoms with van der Waals surface area (Å²) in [5, 5.41) is 15.4. The van der Waals surface area contributed by atoms with Gasteiger partial charge < -0.3 is 10.4 Å². The van der Waals surface area contributed by atoms with Gasteiger partial charge in [-0.05, 0) is 17.0 Å². The summed E-state index contributed by atoms with van der Waals surface area (Å²) in [5.74, 6) is -1.93. The molecule has 0 bridgehead atoms. The standard InChI is InChI=1S/C14H13NO3S/c16-13(11-6-7-19-9-11)15-8-12(14(17)18)10-4-2-1-3-5-10/h1-7,9,12H,8H2,(H,15,16)(H,17,18). The molecule has 0 saturated carbocycles. The van der Waals surface area contributed by atoms with Crippen LogP contribution in [0, 0.1) is 0 Å². The number of amides is 1. The number of carbonyl (C=O) groups excluding carboxylic acids is 1. The van der Waals surface area contributed by atoms with Gasteiger partial charge in [0.2, 0.25) is 0 Å². The van der Waals surface area contributed by atoms with Crippen LogP contribution in [0.2, 0.25) is 0 Å². The molecular formula is C14H13NO3S. The SMILES string of the molecule is O=C(NCC(C(=O)O)c1ccccc1)c1ccsc1. The summed E-state index contributed by atoms with van der Waals surface area (Å²) in [7, 11) is 0.